The van der Waals surface area contributed by atoms with Crippen LogP contribution in [0.4, 0.5) is 4.39 Å². The van der Waals surface area contributed by atoms with Crippen LogP contribution in [0, 0.1) is 5.82 Å². The van der Waals surface area contributed by atoms with Crippen molar-refractivity contribution < 1.29 is 9.13 Å². The van der Waals surface area contributed by atoms with Gasteiger partial charge in [0.15, 0.2) is 0 Å². The summed E-state index contributed by atoms with van der Waals surface area (Å²) in [5.41, 5.74) is 1.17. The minimum Gasteiger partial charge on any atom is -0.377 e. The molecule has 0 bridgehead atoms. The van der Waals surface area contributed by atoms with Crippen LogP contribution in [0.1, 0.15) is 50.6 Å². The molecular weight excluding hydrogens is 241 g/mol. The van der Waals surface area contributed by atoms with Gasteiger partial charge in [0.25, 0.3) is 0 Å². The third-order valence-electron chi connectivity index (χ3n) is 3.73. The molecule has 1 heterocycles. The van der Waals surface area contributed by atoms with Gasteiger partial charge >= 0.3 is 0 Å². The predicted octanol–water partition coefficient (Wildman–Crippen LogP) is 3.83. The van der Waals surface area contributed by atoms with Gasteiger partial charge in [0, 0.05) is 19.2 Å². The van der Waals surface area contributed by atoms with Crippen LogP contribution in [0.15, 0.2) is 24.3 Å². The molecule has 1 aliphatic rings. The smallest absolute Gasteiger partial charge is 0.123 e. The highest BCUT2D eigenvalue weighted by molar-refractivity contribution is 5.19. The normalized spacial score (nSPS) is 20.6. The highest BCUT2D eigenvalue weighted by Crippen LogP contribution is 2.21. The molecule has 2 rings (SSSR count). The molecule has 0 amide bonds. The second-order valence-corrected chi connectivity index (χ2v) is 5.29. The largest absolute Gasteiger partial charge is 0.377 e. The molecule has 0 aliphatic carbocycles. The maximum Gasteiger partial charge on any atom is 0.123 e. The first-order chi connectivity index (χ1) is 9.29. The molecule has 1 aromatic carbocycles. The molecule has 0 saturated carbocycles. The van der Waals surface area contributed by atoms with Crippen LogP contribution in [0.25, 0.3) is 0 Å². The lowest BCUT2D eigenvalue weighted by molar-refractivity contribution is 0.107. The third kappa shape index (κ3) is 4.59. The molecule has 2 nitrogen and oxygen atoms in total. The number of ether oxygens (including phenoxy) is 1. The Morgan fingerprint density at radius 2 is 2.16 bits per heavy atom. The fraction of sp³-hybridized carbons (Fsp3) is 0.625. The monoisotopic (exact) mass is 265 g/mol. The maximum absolute atomic E-state index is 13.0. The van der Waals surface area contributed by atoms with Crippen molar-refractivity contribution in [2.24, 2.45) is 0 Å². The van der Waals surface area contributed by atoms with Crippen LogP contribution in [0.2, 0.25) is 0 Å². The molecule has 106 valence electrons. The van der Waals surface area contributed by atoms with E-state index in [-0.39, 0.29) is 5.82 Å². The molecule has 0 spiro atoms. The fourth-order valence-corrected chi connectivity index (χ4v) is 2.57. The SMILES string of the molecule is CCCCC(NCC1CCCO1)c1ccc(F)cc1. The van der Waals surface area contributed by atoms with E-state index in [1.165, 1.54) is 24.8 Å². The fourth-order valence-electron chi connectivity index (χ4n) is 2.57. The van der Waals surface area contributed by atoms with E-state index in [1.807, 2.05) is 12.1 Å². The molecule has 19 heavy (non-hydrogen) atoms. The van der Waals surface area contributed by atoms with E-state index in [0.717, 1.165) is 26.0 Å². The molecule has 1 saturated heterocycles. The summed E-state index contributed by atoms with van der Waals surface area (Å²) in [6.45, 7) is 3.98. The van der Waals surface area contributed by atoms with Gasteiger partial charge < -0.3 is 10.1 Å². The van der Waals surface area contributed by atoms with Crippen molar-refractivity contribution in [2.45, 2.75) is 51.2 Å². The summed E-state index contributed by atoms with van der Waals surface area (Å²) in [5.74, 6) is -0.169. The lowest BCUT2D eigenvalue weighted by atomic mass is 10.0. The van der Waals surface area contributed by atoms with Crippen LogP contribution in [0.5, 0.6) is 0 Å². The van der Waals surface area contributed by atoms with Crippen molar-refractivity contribution in [2.75, 3.05) is 13.2 Å². The van der Waals surface area contributed by atoms with Crippen molar-refractivity contribution >= 4 is 0 Å². The summed E-state index contributed by atoms with van der Waals surface area (Å²) >= 11 is 0. The third-order valence-corrected chi connectivity index (χ3v) is 3.73. The molecule has 3 heteroatoms. The summed E-state index contributed by atoms with van der Waals surface area (Å²) < 4.78 is 18.6. The second-order valence-electron chi connectivity index (χ2n) is 5.29. The first-order valence-corrected chi connectivity index (χ1v) is 7.40. The molecule has 1 N–H and O–H groups in total. The van der Waals surface area contributed by atoms with E-state index in [4.69, 9.17) is 4.74 Å². The van der Waals surface area contributed by atoms with Gasteiger partial charge in [-0.05, 0) is 37.0 Å². The van der Waals surface area contributed by atoms with Gasteiger partial charge in [-0.15, -0.1) is 0 Å². The van der Waals surface area contributed by atoms with E-state index in [9.17, 15) is 4.39 Å². The van der Waals surface area contributed by atoms with Crippen molar-refractivity contribution in [1.29, 1.82) is 0 Å². The summed E-state index contributed by atoms with van der Waals surface area (Å²) in [6.07, 6.45) is 6.12. The van der Waals surface area contributed by atoms with Crippen molar-refractivity contribution in [1.82, 2.24) is 5.32 Å². The van der Waals surface area contributed by atoms with Gasteiger partial charge in [0.1, 0.15) is 5.82 Å². The second kappa shape index (κ2) is 7.61. The Balaban J connectivity index is 1.91. The van der Waals surface area contributed by atoms with Crippen LogP contribution in [0.3, 0.4) is 0 Å². The Morgan fingerprint density at radius 3 is 2.79 bits per heavy atom. The van der Waals surface area contributed by atoms with Crippen LogP contribution >= 0.6 is 0 Å². The van der Waals surface area contributed by atoms with Crippen molar-refractivity contribution in [3.63, 3.8) is 0 Å². The minimum atomic E-state index is -0.169. The van der Waals surface area contributed by atoms with Gasteiger partial charge in [-0.25, -0.2) is 4.39 Å². The van der Waals surface area contributed by atoms with Gasteiger partial charge in [-0.3, -0.25) is 0 Å². The van der Waals surface area contributed by atoms with E-state index in [2.05, 4.69) is 12.2 Å². The number of hydrogen-bond acceptors (Lipinski definition) is 2. The zero-order chi connectivity index (χ0) is 13.5. The zero-order valence-electron chi connectivity index (χ0n) is 11.7. The Kier molecular flexibility index (Phi) is 5.80. The zero-order valence-corrected chi connectivity index (χ0v) is 11.7. The first-order valence-electron chi connectivity index (χ1n) is 7.40. The molecule has 1 aromatic rings. The number of rotatable bonds is 7. The summed E-state index contributed by atoms with van der Waals surface area (Å²) in [6, 6.07) is 7.17. The van der Waals surface area contributed by atoms with Gasteiger partial charge in [-0.2, -0.15) is 0 Å². The number of benzene rings is 1. The lowest BCUT2D eigenvalue weighted by Gasteiger charge is -2.21. The number of unbranched alkanes of at least 4 members (excludes halogenated alkanes) is 1. The topological polar surface area (TPSA) is 21.3 Å². The van der Waals surface area contributed by atoms with E-state index >= 15 is 0 Å². The Labute approximate surface area is 115 Å². The average molecular weight is 265 g/mol. The summed E-state index contributed by atoms with van der Waals surface area (Å²) in [5, 5.41) is 3.58. The van der Waals surface area contributed by atoms with Crippen LogP contribution < -0.4 is 5.32 Å². The van der Waals surface area contributed by atoms with E-state index < -0.39 is 0 Å². The highest BCUT2D eigenvalue weighted by atomic mass is 19.1. The van der Waals surface area contributed by atoms with Crippen molar-refractivity contribution in [3.8, 4) is 0 Å². The van der Waals surface area contributed by atoms with E-state index in [0.29, 0.717) is 12.1 Å². The van der Waals surface area contributed by atoms with Crippen LogP contribution in [-0.2, 0) is 4.74 Å². The number of nitrogens with one attached hydrogen (secondary N) is 1. The molecular formula is C16H24FNO. The number of halogens is 1. The molecule has 2 unspecified atom stereocenters. The Bertz CT molecular complexity index is 360. The van der Waals surface area contributed by atoms with Crippen molar-refractivity contribution in [3.05, 3.63) is 35.6 Å². The van der Waals surface area contributed by atoms with Gasteiger partial charge in [0.05, 0.1) is 6.10 Å². The van der Waals surface area contributed by atoms with Gasteiger partial charge in [-0.1, -0.05) is 31.9 Å². The summed E-state index contributed by atoms with van der Waals surface area (Å²) in [7, 11) is 0. The average Bonchev–Trinajstić information content (AvgIpc) is 2.93. The van der Waals surface area contributed by atoms with Crippen LogP contribution in [-0.4, -0.2) is 19.3 Å². The summed E-state index contributed by atoms with van der Waals surface area (Å²) in [4.78, 5) is 0. The standard InChI is InChI=1S/C16H24FNO/c1-2-3-6-16(13-7-9-14(17)10-8-13)18-12-15-5-4-11-19-15/h7-10,15-16,18H,2-6,11-12H2,1H3. The first kappa shape index (κ1) is 14.5. The lowest BCUT2D eigenvalue weighted by Crippen LogP contribution is -2.30. The van der Waals surface area contributed by atoms with Gasteiger partial charge in [0.2, 0.25) is 0 Å². The Morgan fingerprint density at radius 1 is 1.37 bits per heavy atom. The molecule has 0 radical (unpaired) electrons. The Hall–Kier alpha value is -0.930. The predicted molar refractivity (Wildman–Crippen MR) is 75.6 cm³/mol. The number of hydrogen-bond donors (Lipinski definition) is 1. The minimum absolute atomic E-state index is 0.169. The molecule has 1 aliphatic heterocycles. The maximum atomic E-state index is 13.0. The highest BCUT2D eigenvalue weighted by Gasteiger charge is 2.18. The molecule has 1 fully saturated rings. The van der Waals surface area contributed by atoms with E-state index in [1.54, 1.807) is 12.1 Å². The molecule has 0 aromatic heterocycles. The molecule has 2 atom stereocenters. The quantitative estimate of drug-likeness (QED) is 0.809.